The second-order valence-corrected chi connectivity index (χ2v) is 5.05. The molecule has 1 atom stereocenters. The fourth-order valence-corrected chi connectivity index (χ4v) is 2.52. The van der Waals surface area contributed by atoms with E-state index in [0.29, 0.717) is 0 Å². The van der Waals surface area contributed by atoms with Gasteiger partial charge in [0.25, 0.3) is 0 Å². The number of ether oxygens (including phenoxy) is 1. The first kappa shape index (κ1) is 13.8. The number of nitrogens with zero attached hydrogens (tertiary/aromatic N) is 3. The topological polar surface area (TPSA) is 52.0 Å². The molecule has 0 radical (unpaired) electrons. The second-order valence-electron chi connectivity index (χ2n) is 5.05. The van der Waals surface area contributed by atoms with Crippen molar-refractivity contribution < 1.29 is 4.74 Å². The number of benzene rings is 1. The molecule has 0 amide bonds. The fourth-order valence-electron chi connectivity index (χ4n) is 2.52. The van der Waals surface area contributed by atoms with Crippen molar-refractivity contribution in [3.8, 4) is 5.69 Å². The van der Waals surface area contributed by atoms with Crippen LogP contribution in [0.2, 0.25) is 0 Å². The Bertz CT molecular complexity index is 606. The third-order valence-corrected chi connectivity index (χ3v) is 3.53. The van der Waals surface area contributed by atoms with Crippen LogP contribution in [0.25, 0.3) is 5.69 Å². The molecule has 0 spiro atoms. The van der Waals surface area contributed by atoms with Crippen LogP contribution >= 0.6 is 0 Å². The number of hydrogen-bond donors (Lipinski definition) is 1. The molecule has 1 aliphatic rings. The first-order chi connectivity index (χ1) is 10.4. The molecule has 0 fully saturated rings. The molecule has 0 bridgehead atoms. The van der Waals surface area contributed by atoms with Crippen LogP contribution in [0, 0.1) is 0 Å². The van der Waals surface area contributed by atoms with Gasteiger partial charge in [0.1, 0.15) is 5.69 Å². The van der Waals surface area contributed by atoms with Crippen LogP contribution in [-0.2, 0) is 4.74 Å². The summed E-state index contributed by atoms with van der Waals surface area (Å²) in [6.07, 6.45) is 5.80. The van der Waals surface area contributed by atoms with Gasteiger partial charge in [-0.2, -0.15) is 15.0 Å². The molecule has 0 aliphatic carbocycles. The van der Waals surface area contributed by atoms with Crippen LogP contribution in [-0.4, -0.2) is 28.1 Å². The van der Waals surface area contributed by atoms with E-state index in [9.17, 15) is 0 Å². The summed E-state index contributed by atoms with van der Waals surface area (Å²) in [5, 5.41) is 12.5. The molecule has 1 unspecified atom stereocenters. The highest BCUT2D eigenvalue weighted by Crippen LogP contribution is 2.26. The van der Waals surface area contributed by atoms with E-state index < -0.39 is 0 Å². The molecule has 1 aliphatic heterocycles. The van der Waals surface area contributed by atoms with Crippen LogP contribution in [0.3, 0.4) is 0 Å². The molecule has 5 nitrogen and oxygen atoms in total. The molecule has 1 N–H and O–H groups in total. The van der Waals surface area contributed by atoms with Crippen LogP contribution in [0.15, 0.2) is 48.4 Å². The van der Waals surface area contributed by atoms with Gasteiger partial charge in [0.05, 0.1) is 30.8 Å². The number of nitrogens with one attached hydrogen (secondary N) is 1. The van der Waals surface area contributed by atoms with Crippen molar-refractivity contribution in [3.05, 3.63) is 54.1 Å². The van der Waals surface area contributed by atoms with Gasteiger partial charge < -0.3 is 10.1 Å². The van der Waals surface area contributed by atoms with E-state index in [1.165, 1.54) is 5.57 Å². The maximum absolute atomic E-state index is 5.47. The molecule has 2 heterocycles. The van der Waals surface area contributed by atoms with Crippen molar-refractivity contribution in [2.45, 2.75) is 25.8 Å². The lowest BCUT2D eigenvalue weighted by Crippen LogP contribution is -2.25. The fraction of sp³-hybridized carbons (Fsp3) is 0.375. The van der Waals surface area contributed by atoms with E-state index in [4.69, 9.17) is 4.74 Å². The summed E-state index contributed by atoms with van der Waals surface area (Å²) >= 11 is 0. The summed E-state index contributed by atoms with van der Waals surface area (Å²) < 4.78 is 5.47. The van der Waals surface area contributed by atoms with E-state index in [2.05, 4.69) is 22.4 Å². The predicted octanol–water partition coefficient (Wildman–Crippen LogP) is 2.61. The first-order valence-corrected chi connectivity index (χ1v) is 7.40. The molecule has 1 aromatic carbocycles. The highest BCUT2D eigenvalue weighted by Gasteiger charge is 2.21. The minimum Gasteiger partial charge on any atom is -0.501 e. The smallest absolute Gasteiger partial charge is 0.104 e. The normalized spacial score (nSPS) is 16.1. The number of likely N-dealkylation sites (N-methyl/N-ethyl adjacent to an activating group) is 1. The van der Waals surface area contributed by atoms with Gasteiger partial charge in [0.15, 0.2) is 0 Å². The lowest BCUT2D eigenvalue weighted by Gasteiger charge is -2.22. The molecule has 0 saturated carbocycles. The van der Waals surface area contributed by atoms with E-state index in [-0.39, 0.29) is 6.04 Å². The summed E-state index contributed by atoms with van der Waals surface area (Å²) in [4.78, 5) is 1.67. The maximum Gasteiger partial charge on any atom is 0.104 e. The molecular formula is C16H20N4O. The third kappa shape index (κ3) is 3.13. The van der Waals surface area contributed by atoms with Crippen LogP contribution in [0.5, 0.6) is 0 Å². The number of aromatic nitrogens is 3. The van der Waals surface area contributed by atoms with Gasteiger partial charge in [-0.3, -0.25) is 0 Å². The van der Waals surface area contributed by atoms with Gasteiger partial charge in [-0.25, -0.2) is 0 Å². The molecule has 110 valence electrons. The Hall–Kier alpha value is -2.14. The van der Waals surface area contributed by atoms with E-state index in [1.807, 2.05) is 42.8 Å². The van der Waals surface area contributed by atoms with Gasteiger partial charge in [-0.1, -0.05) is 25.1 Å². The SMILES string of the molecule is CCNC(C1=COCCC1)c1cnn(-c2ccccc2)n1. The Kier molecular flexibility index (Phi) is 4.31. The van der Waals surface area contributed by atoms with Crippen molar-refractivity contribution in [1.82, 2.24) is 20.3 Å². The summed E-state index contributed by atoms with van der Waals surface area (Å²) in [5.74, 6) is 0. The monoisotopic (exact) mass is 284 g/mol. The van der Waals surface area contributed by atoms with Crippen molar-refractivity contribution in [1.29, 1.82) is 0 Å². The zero-order chi connectivity index (χ0) is 14.5. The molecule has 2 aromatic rings. The van der Waals surface area contributed by atoms with Gasteiger partial charge in [0.2, 0.25) is 0 Å². The Morgan fingerprint density at radius 1 is 1.33 bits per heavy atom. The molecule has 21 heavy (non-hydrogen) atoms. The highest BCUT2D eigenvalue weighted by molar-refractivity contribution is 5.29. The minimum atomic E-state index is 0.0766. The average Bonchev–Trinajstić information content (AvgIpc) is 3.04. The van der Waals surface area contributed by atoms with E-state index in [1.54, 1.807) is 4.80 Å². The Morgan fingerprint density at radius 2 is 2.19 bits per heavy atom. The third-order valence-electron chi connectivity index (χ3n) is 3.53. The van der Waals surface area contributed by atoms with Gasteiger partial charge in [0, 0.05) is 0 Å². The van der Waals surface area contributed by atoms with Gasteiger partial charge in [-0.05, 0) is 37.1 Å². The van der Waals surface area contributed by atoms with Crippen molar-refractivity contribution >= 4 is 0 Å². The number of rotatable bonds is 5. The first-order valence-electron chi connectivity index (χ1n) is 7.40. The number of para-hydroxylation sites is 1. The van der Waals surface area contributed by atoms with Crippen molar-refractivity contribution in [2.24, 2.45) is 0 Å². The van der Waals surface area contributed by atoms with Crippen molar-refractivity contribution in [2.75, 3.05) is 13.2 Å². The summed E-state index contributed by atoms with van der Waals surface area (Å²) in [6, 6.07) is 10.0. The van der Waals surface area contributed by atoms with Gasteiger partial charge >= 0.3 is 0 Å². The van der Waals surface area contributed by atoms with Crippen LogP contribution in [0.1, 0.15) is 31.5 Å². The summed E-state index contributed by atoms with van der Waals surface area (Å²) in [5.41, 5.74) is 3.13. The Balaban J connectivity index is 1.87. The molecule has 1 aromatic heterocycles. The van der Waals surface area contributed by atoms with Crippen LogP contribution < -0.4 is 5.32 Å². The van der Waals surface area contributed by atoms with E-state index in [0.717, 1.165) is 37.4 Å². The lowest BCUT2D eigenvalue weighted by atomic mass is 10.00. The summed E-state index contributed by atoms with van der Waals surface area (Å²) in [7, 11) is 0. The molecule has 5 heteroatoms. The average molecular weight is 284 g/mol. The molecule has 3 rings (SSSR count). The largest absolute Gasteiger partial charge is 0.501 e. The minimum absolute atomic E-state index is 0.0766. The zero-order valence-corrected chi connectivity index (χ0v) is 12.2. The predicted molar refractivity (Wildman–Crippen MR) is 81.0 cm³/mol. The molecule has 0 saturated heterocycles. The molecular weight excluding hydrogens is 264 g/mol. The number of hydrogen-bond acceptors (Lipinski definition) is 4. The van der Waals surface area contributed by atoms with E-state index >= 15 is 0 Å². The second kappa shape index (κ2) is 6.54. The maximum atomic E-state index is 5.47. The summed E-state index contributed by atoms with van der Waals surface area (Å²) in [6.45, 7) is 3.78. The van der Waals surface area contributed by atoms with Gasteiger partial charge in [-0.15, -0.1) is 0 Å². The zero-order valence-electron chi connectivity index (χ0n) is 12.2. The Labute approximate surface area is 124 Å². The quantitative estimate of drug-likeness (QED) is 0.917. The lowest BCUT2D eigenvalue weighted by molar-refractivity contribution is 0.219. The Morgan fingerprint density at radius 3 is 2.90 bits per heavy atom. The standard InChI is InChI=1S/C16H20N4O/c1-2-17-16(13-7-6-10-21-12-13)15-11-18-20(19-15)14-8-4-3-5-9-14/h3-5,8-9,11-12,16-17H,2,6-7,10H2,1H3. The highest BCUT2D eigenvalue weighted by atomic mass is 16.5. The van der Waals surface area contributed by atoms with Crippen molar-refractivity contribution in [3.63, 3.8) is 0 Å². The van der Waals surface area contributed by atoms with Crippen LogP contribution in [0.4, 0.5) is 0 Å².